The van der Waals surface area contributed by atoms with E-state index in [-0.39, 0.29) is 22.5 Å². The molecule has 14 nitrogen and oxygen atoms in total. The molecule has 0 aliphatic carbocycles. The van der Waals surface area contributed by atoms with E-state index in [4.69, 9.17) is 18.9 Å². The Bertz CT molecular complexity index is 2430. The summed E-state index contributed by atoms with van der Waals surface area (Å²) in [7, 11) is 0. The van der Waals surface area contributed by atoms with Crippen LogP contribution in [0, 0.1) is 20.2 Å². The van der Waals surface area contributed by atoms with Crippen molar-refractivity contribution >= 4 is 23.3 Å². The molecule has 6 aromatic rings. The molecule has 2 unspecified atom stereocenters. The highest BCUT2D eigenvalue weighted by Gasteiger charge is 2.65. The quantitative estimate of drug-likeness (QED) is 0.0406. The summed E-state index contributed by atoms with van der Waals surface area (Å²) in [6, 6.07) is 44.8. The molecule has 0 saturated carbocycles. The van der Waals surface area contributed by atoms with Crippen LogP contribution in [0.3, 0.4) is 0 Å². The number of hydrogen-bond donors (Lipinski definition) is 2. The van der Waals surface area contributed by atoms with Crippen molar-refractivity contribution in [1.29, 1.82) is 0 Å². The average Bonchev–Trinajstić information content (AvgIpc) is 3.67. The van der Waals surface area contributed by atoms with Crippen molar-refractivity contribution in [3.05, 3.63) is 248 Å². The molecule has 0 radical (unpaired) electrons. The van der Waals surface area contributed by atoms with Gasteiger partial charge in [0.05, 0.1) is 21.0 Å². The van der Waals surface area contributed by atoms with E-state index in [0.29, 0.717) is 22.3 Å². The zero-order chi connectivity index (χ0) is 46.5. The van der Waals surface area contributed by atoms with Gasteiger partial charge in [0.2, 0.25) is 0 Å². The summed E-state index contributed by atoms with van der Waals surface area (Å²) in [5, 5.41) is 45.8. The zero-order valence-corrected chi connectivity index (χ0v) is 35.3. The van der Waals surface area contributed by atoms with Crippen molar-refractivity contribution in [1.82, 2.24) is 0 Å². The summed E-state index contributed by atoms with van der Waals surface area (Å²) in [4.78, 5) is 51.2. The molecule has 1 heterocycles. The van der Waals surface area contributed by atoms with Gasteiger partial charge in [-0.3, -0.25) is 20.2 Å². The van der Waals surface area contributed by atoms with Crippen LogP contribution in [-0.4, -0.2) is 50.0 Å². The zero-order valence-electron chi connectivity index (χ0n) is 35.3. The van der Waals surface area contributed by atoms with Crippen LogP contribution in [0.25, 0.3) is 0 Å². The highest BCUT2D eigenvalue weighted by molar-refractivity contribution is 5.90. The van der Waals surface area contributed by atoms with Crippen LogP contribution in [-0.2, 0) is 39.7 Å². The number of esters is 2. The Kier molecular flexibility index (Phi) is 13.0. The summed E-state index contributed by atoms with van der Waals surface area (Å²) in [5.41, 5.74) is -3.48. The largest absolute Gasteiger partial charge is 0.443 e. The van der Waals surface area contributed by atoms with E-state index in [0.717, 1.165) is 0 Å². The Morgan fingerprint density at radius 2 is 0.800 bits per heavy atom. The summed E-state index contributed by atoms with van der Waals surface area (Å²) in [6.45, 7) is 11.2. The predicted octanol–water partition coefficient (Wildman–Crippen LogP) is 8.88. The molecular weight excluding hydrogens is 833 g/mol. The van der Waals surface area contributed by atoms with Crippen LogP contribution in [0.15, 0.2) is 194 Å². The van der Waals surface area contributed by atoms with Crippen LogP contribution in [0.5, 0.6) is 0 Å². The van der Waals surface area contributed by atoms with Crippen molar-refractivity contribution in [2.45, 2.75) is 55.3 Å². The molecule has 0 bridgehead atoms. The normalized spacial score (nSPS) is 16.7. The fourth-order valence-electron chi connectivity index (χ4n) is 8.05. The first-order valence-electron chi connectivity index (χ1n) is 20.4. The monoisotopic (exact) mass is 876 g/mol. The standard InChI is InChI=1S/C51H44N2O12/c1-33(43(54)35-25-29-41(30-26-35)52(58)59)47(56)64-50(37-17-9-5-10-18-37,38-19-11-6-12-20-38)45-46(63-49(3,4)62-45)51(39-21-13-7-14-22-39,40-23-15-8-16-24-40)65-48(57)34(2)44(55)36-27-31-42(32-28-36)53(60)61/h5-32,43-46,54-55H,1-2H2,3-4H3/t43?,44?,45-,46-/m1/s1. The molecule has 4 atom stereocenters. The molecule has 1 fully saturated rings. The number of nitrogens with zero attached hydrogens (tertiary/aromatic N) is 2. The minimum atomic E-state index is -2.01. The molecule has 330 valence electrons. The summed E-state index contributed by atoms with van der Waals surface area (Å²) < 4.78 is 27.5. The summed E-state index contributed by atoms with van der Waals surface area (Å²) in [5.74, 6) is -3.64. The second-order valence-corrected chi connectivity index (χ2v) is 15.7. The molecule has 2 N–H and O–H groups in total. The maximum absolute atomic E-state index is 14.8. The third-order valence-corrected chi connectivity index (χ3v) is 11.2. The minimum absolute atomic E-state index is 0.136. The van der Waals surface area contributed by atoms with E-state index in [1.165, 1.54) is 48.5 Å². The van der Waals surface area contributed by atoms with Gasteiger partial charge in [0, 0.05) is 46.5 Å². The van der Waals surface area contributed by atoms with Gasteiger partial charge in [0.25, 0.3) is 11.4 Å². The van der Waals surface area contributed by atoms with Crippen LogP contribution >= 0.6 is 0 Å². The third kappa shape index (κ3) is 8.96. The predicted molar refractivity (Wildman–Crippen MR) is 238 cm³/mol. The molecule has 1 aliphatic rings. The molecule has 1 aliphatic heterocycles. The lowest BCUT2D eigenvalue weighted by molar-refractivity contribution is -0.385. The van der Waals surface area contributed by atoms with Crippen molar-refractivity contribution in [2.75, 3.05) is 0 Å². The smallest absolute Gasteiger partial charge is 0.337 e. The number of aliphatic hydroxyl groups is 2. The Morgan fingerprint density at radius 3 is 1.05 bits per heavy atom. The van der Waals surface area contributed by atoms with Gasteiger partial charge in [-0.05, 0) is 49.2 Å². The minimum Gasteiger partial charge on any atom is -0.443 e. The number of aliphatic hydroxyl groups excluding tert-OH is 2. The molecular formula is C51H44N2O12. The molecule has 0 spiro atoms. The Hall–Kier alpha value is -7.62. The first kappa shape index (κ1) is 45.4. The average molecular weight is 877 g/mol. The molecule has 14 heteroatoms. The fraction of sp³-hybridized carbons (Fsp3) is 0.176. The maximum Gasteiger partial charge on any atom is 0.337 e. The Labute approximate surface area is 373 Å². The molecule has 7 rings (SSSR count). The first-order chi connectivity index (χ1) is 31.1. The van der Waals surface area contributed by atoms with E-state index in [2.05, 4.69) is 13.2 Å². The third-order valence-electron chi connectivity index (χ3n) is 11.2. The van der Waals surface area contributed by atoms with Gasteiger partial charge in [-0.2, -0.15) is 0 Å². The van der Waals surface area contributed by atoms with Crippen molar-refractivity contribution in [3.63, 3.8) is 0 Å². The van der Waals surface area contributed by atoms with Gasteiger partial charge in [0.15, 0.2) is 17.0 Å². The lowest BCUT2D eigenvalue weighted by Crippen LogP contribution is -2.58. The van der Waals surface area contributed by atoms with Crippen LogP contribution in [0.2, 0.25) is 0 Å². The van der Waals surface area contributed by atoms with Gasteiger partial charge in [0.1, 0.15) is 24.4 Å². The maximum atomic E-state index is 14.8. The van der Waals surface area contributed by atoms with E-state index < -0.39 is 74.3 Å². The summed E-state index contributed by atoms with van der Waals surface area (Å²) >= 11 is 0. The molecule has 65 heavy (non-hydrogen) atoms. The molecule has 1 saturated heterocycles. The van der Waals surface area contributed by atoms with E-state index in [9.17, 15) is 40.0 Å². The number of ether oxygens (including phenoxy) is 4. The molecule has 0 amide bonds. The highest BCUT2D eigenvalue weighted by Crippen LogP contribution is 2.54. The number of nitro benzene ring substituents is 2. The number of carbonyl (C=O) groups excluding carboxylic acids is 2. The van der Waals surface area contributed by atoms with Gasteiger partial charge in [-0.25, -0.2) is 9.59 Å². The van der Waals surface area contributed by atoms with Crippen LogP contribution in [0.4, 0.5) is 11.4 Å². The van der Waals surface area contributed by atoms with Crippen LogP contribution in [0.1, 0.15) is 59.4 Å². The molecule has 0 aromatic heterocycles. The SMILES string of the molecule is C=C(C(=O)OC(c1ccccc1)(c1ccccc1)[C@@H]1OC(C)(C)O[C@H]1C(OC(=O)C(=C)C(O)c1ccc([N+](=O)[O-])cc1)(c1ccccc1)c1ccccc1)C(O)c1ccc([N+](=O)[O-])cc1. The van der Waals surface area contributed by atoms with E-state index in [1.54, 1.807) is 135 Å². The number of hydrogen-bond acceptors (Lipinski definition) is 12. The number of nitro groups is 2. The number of non-ortho nitro benzene ring substituents is 2. The highest BCUT2D eigenvalue weighted by atomic mass is 16.8. The summed E-state index contributed by atoms with van der Waals surface area (Å²) in [6.07, 6.45) is -6.20. The van der Waals surface area contributed by atoms with Gasteiger partial charge in [-0.15, -0.1) is 0 Å². The second-order valence-electron chi connectivity index (χ2n) is 15.7. The van der Waals surface area contributed by atoms with Crippen LogP contribution < -0.4 is 0 Å². The lowest BCUT2D eigenvalue weighted by atomic mass is 9.71. The second kappa shape index (κ2) is 18.6. The first-order valence-corrected chi connectivity index (χ1v) is 20.4. The lowest BCUT2D eigenvalue weighted by Gasteiger charge is -2.46. The number of carbonyl (C=O) groups is 2. The van der Waals surface area contributed by atoms with Gasteiger partial charge < -0.3 is 29.2 Å². The van der Waals surface area contributed by atoms with Gasteiger partial charge >= 0.3 is 11.9 Å². The van der Waals surface area contributed by atoms with Gasteiger partial charge in [-0.1, -0.05) is 134 Å². The van der Waals surface area contributed by atoms with Crippen molar-refractivity contribution in [3.8, 4) is 0 Å². The topological polar surface area (TPSA) is 198 Å². The van der Waals surface area contributed by atoms with E-state index >= 15 is 0 Å². The number of benzene rings is 6. The molecule has 6 aromatic carbocycles. The number of rotatable bonds is 16. The van der Waals surface area contributed by atoms with E-state index in [1.807, 2.05) is 0 Å². The van der Waals surface area contributed by atoms with Crippen molar-refractivity contribution in [2.24, 2.45) is 0 Å². The Morgan fingerprint density at radius 1 is 0.538 bits per heavy atom. The van der Waals surface area contributed by atoms with Crippen molar-refractivity contribution < 1.29 is 48.6 Å². The fourth-order valence-corrected chi connectivity index (χ4v) is 8.05. The Balaban J connectivity index is 1.43.